The molecule has 0 saturated carbocycles. The molecule has 0 aromatic heterocycles. The minimum Gasteiger partial charge on any atom is -0.338 e. The van der Waals surface area contributed by atoms with E-state index in [-0.39, 0.29) is 12.3 Å². The highest BCUT2D eigenvalue weighted by atomic mass is 16.2. The molecular weight excluding hydrogens is 152 g/mol. The zero-order valence-electron chi connectivity index (χ0n) is 7.63. The van der Waals surface area contributed by atoms with Gasteiger partial charge in [0.25, 0.3) is 0 Å². The van der Waals surface area contributed by atoms with Gasteiger partial charge in [0.15, 0.2) is 0 Å². The average molecular weight is 166 g/mol. The van der Waals surface area contributed by atoms with Crippen molar-refractivity contribution in [1.82, 2.24) is 4.90 Å². The van der Waals surface area contributed by atoms with Gasteiger partial charge in [-0.15, -0.1) is 0 Å². The summed E-state index contributed by atoms with van der Waals surface area (Å²) in [6.45, 7) is 8.64. The van der Waals surface area contributed by atoms with Crippen LogP contribution in [0.4, 0.5) is 0 Å². The minimum atomic E-state index is -0.122. The Bertz CT molecular complexity index is 215. The molecule has 0 aromatic carbocycles. The van der Waals surface area contributed by atoms with Crippen molar-refractivity contribution in [3.63, 3.8) is 0 Å². The Balaban J connectivity index is 4.07. The molecule has 0 aliphatic carbocycles. The molecule has 3 heteroatoms. The van der Waals surface area contributed by atoms with Crippen molar-refractivity contribution in [3.8, 4) is 6.07 Å². The van der Waals surface area contributed by atoms with Gasteiger partial charge in [-0.3, -0.25) is 4.79 Å². The standard InChI is InChI=1S/C9H14N2O/c1-4-11(7-8(2)3)9(12)5-6-10/h2,4-5,7H2,1,3H3. The Morgan fingerprint density at radius 3 is 2.58 bits per heavy atom. The van der Waals surface area contributed by atoms with Gasteiger partial charge in [-0.1, -0.05) is 12.2 Å². The van der Waals surface area contributed by atoms with Crippen molar-refractivity contribution in [1.29, 1.82) is 5.26 Å². The highest BCUT2D eigenvalue weighted by Crippen LogP contribution is 1.98. The summed E-state index contributed by atoms with van der Waals surface area (Å²) in [5, 5.41) is 8.30. The van der Waals surface area contributed by atoms with Crippen molar-refractivity contribution in [2.24, 2.45) is 0 Å². The van der Waals surface area contributed by atoms with Crippen LogP contribution in [0.5, 0.6) is 0 Å². The Hall–Kier alpha value is -1.30. The van der Waals surface area contributed by atoms with E-state index in [0.717, 1.165) is 5.57 Å². The number of nitrogens with zero attached hydrogens (tertiary/aromatic N) is 2. The molecule has 1 amide bonds. The second kappa shape index (κ2) is 5.36. The summed E-state index contributed by atoms with van der Waals surface area (Å²) in [5.41, 5.74) is 0.933. The number of hydrogen-bond acceptors (Lipinski definition) is 2. The quantitative estimate of drug-likeness (QED) is 0.591. The summed E-state index contributed by atoms with van der Waals surface area (Å²) < 4.78 is 0. The number of rotatable bonds is 4. The topological polar surface area (TPSA) is 44.1 Å². The van der Waals surface area contributed by atoms with Gasteiger partial charge in [0.1, 0.15) is 6.42 Å². The van der Waals surface area contributed by atoms with Crippen LogP contribution in [0.15, 0.2) is 12.2 Å². The van der Waals surface area contributed by atoms with E-state index in [9.17, 15) is 4.79 Å². The SMILES string of the molecule is C=C(C)CN(CC)C(=O)CC#N. The molecule has 0 spiro atoms. The van der Waals surface area contributed by atoms with Gasteiger partial charge < -0.3 is 4.90 Å². The summed E-state index contributed by atoms with van der Waals surface area (Å²) in [4.78, 5) is 12.8. The molecule has 0 atom stereocenters. The van der Waals surface area contributed by atoms with Crippen molar-refractivity contribution >= 4 is 5.91 Å². The predicted molar refractivity (Wildman–Crippen MR) is 47.3 cm³/mol. The maximum absolute atomic E-state index is 11.2. The first-order chi connectivity index (χ1) is 5.61. The van der Waals surface area contributed by atoms with Gasteiger partial charge >= 0.3 is 0 Å². The summed E-state index contributed by atoms with van der Waals surface area (Å²) in [6, 6.07) is 1.83. The van der Waals surface area contributed by atoms with Crippen LogP contribution in [0.3, 0.4) is 0 Å². The van der Waals surface area contributed by atoms with Gasteiger partial charge in [-0.25, -0.2) is 0 Å². The monoisotopic (exact) mass is 166 g/mol. The zero-order chi connectivity index (χ0) is 9.56. The van der Waals surface area contributed by atoms with Gasteiger partial charge in [0.2, 0.25) is 5.91 Å². The molecule has 0 saturated heterocycles. The van der Waals surface area contributed by atoms with E-state index in [1.54, 1.807) is 4.90 Å². The van der Waals surface area contributed by atoms with Gasteiger partial charge in [-0.05, 0) is 13.8 Å². The van der Waals surface area contributed by atoms with Gasteiger partial charge in [0.05, 0.1) is 6.07 Å². The van der Waals surface area contributed by atoms with E-state index < -0.39 is 0 Å². The van der Waals surface area contributed by atoms with E-state index in [0.29, 0.717) is 13.1 Å². The molecule has 0 fully saturated rings. The first-order valence-electron chi connectivity index (χ1n) is 3.91. The number of amides is 1. The fraction of sp³-hybridized carbons (Fsp3) is 0.556. The Labute approximate surface area is 73.3 Å². The van der Waals surface area contributed by atoms with Gasteiger partial charge in [0, 0.05) is 13.1 Å². The van der Waals surface area contributed by atoms with Crippen LogP contribution in [-0.2, 0) is 4.79 Å². The largest absolute Gasteiger partial charge is 0.338 e. The molecule has 3 nitrogen and oxygen atoms in total. The third kappa shape index (κ3) is 3.77. The van der Waals surface area contributed by atoms with Crippen LogP contribution in [0.2, 0.25) is 0 Å². The zero-order valence-corrected chi connectivity index (χ0v) is 7.63. The molecule has 0 radical (unpaired) electrons. The molecule has 0 unspecified atom stereocenters. The maximum Gasteiger partial charge on any atom is 0.237 e. The summed E-state index contributed by atoms with van der Waals surface area (Å²) in [5.74, 6) is -0.122. The lowest BCUT2D eigenvalue weighted by molar-refractivity contribution is -0.129. The van der Waals surface area contributed by atoms with E-state index in [1.165, 1.54) is 0 Å². The second-order valence-electron chi connectivity index (χ2n) is 2.70. The lowest BCUT2D eigenvalue weighted by atomic mass is 10.3. The van der Waals surface area contributed by atoms with Crippen LogP contribution in [0.25, 0.3) is 0 Å². The average Bonchev–Trinajstić information content (AvgIpc) is 2.00. The highest BCUT2D eigenvalue weighted by molar-refractivity contribution is 5.78. The third-order valence-electron chi connectivity index (χ3n) is 1.43. The van der Waals surface area contributed by atoms with E-state index in [2.05, 4.69) is 6.58 Å². The van der Waals surface area contributed by atoms with Crippen LogP contribution in [0, 0.1) is 11.3 Å². The molecular formula is C9H14N2O. The number of carbonyl (C=O) groups is 1. The molecule has 12 heavy (non-hydrogen) atoms. The smallest absolute Gasteiger partial charge is 0.237 e. The van der Waals surface area contributed by atoms with Crippen LogP contribution in [0.1, 0.15) is 20.3 Å². The predicted octanol–water partition coefficient (Wildman–Crippen LogP) is 1.32. The molecule has 66 valence electrons. The lowest BCUT2D eigenvalue weighted by Crippen LogP contribution is -2.31. The van der Waals surface area contributed by atoms with Crippen molar-refractivity contribution in [2.45, 2.75) is 20.3 Å². The highest BCUT2D eigenvalue weighted by Gasteiger charge is 2.09. The molecule has 0 aliphatic rings. The second-order valence-corrected chi connectivity index (χ2v) is 2.70. The molecule has 0 rings (SSSR count). The maximum atomic E-state index is 11.2. The third-order valence-corrected chi connectivity index (χ3v) is 1.43. The van der Waals surface area contributed by atoms with Crippen molar-refractivity contribution < 1.29 is 4.79 Å². The Morgan fingerprint density at radius 1 is 1.67 bits per heavy atom. The molecule has 0 bridgehead atoms. The molecule has 0 N–H and O–H groups in total. The number of hydrogen-bond donors (Lipinski definition) is 0. The Kier molecular flexibility index (Phi) is 4.78. The molecule has 0 heterocycles. The van der Waals surface area contributed by atoms with E-state index in [1.807, 2.05) is 19.9 Å². The lowest BCUT2D eigenvalue weighted by Gasteiger charge is -2.19. The normalized spacial score (nSPS) is 8.75. The van der Waals surface area contributed by atoms with Crippen molar-refractivity contribution in [2.75, 3.05) is 13.1 Å². The fourth-order valence-electron chi connectivity index (χ4n) is 0.882. The van der Waals surface area contributed by atoms with Crippen LogP contribution >= 0.6 is 0 Å². The number of nitriles is 1. The van der Waals surface area contributed by atoms with Crippen LogP contribution < -0.4 is 0 Å². The minimum absolute atomic E-state index is 0.0406. The van der Waals surface area contributed by atoms with E-state index in [4.69, 9.17) is 5.26 Å². The molecule has 0 aromatic rings. The first-order valence-corrected chi connectivity index (χ1v) is 3.91. The summed E-state index contributed by atoms with van der Waals surface area (Å²) in [6.07, 6.45) is -0.0406. The molecule has 0 aliphatic heterocycles. The van der Waals surface area contributed by atoms with Gasteiger partial charge in [-0.2, -0.15) is 5.26 Å². The van der Waals surface area contributed by atoms with Crippen molar-refractivity contribution in [3.05, 3.63) is 12.2 Å². The number of likely N-dealkylation sites (N-methyl/N-ethyl adjacent to an activating group) is 1. The summed E-state index contributed by atoms with van der Waals surface area (Å²) in [7, 11) is 0. The first kappa shape index (κ1) is 10.7. The van der Waals surface area contributed by atoms with Crippen LogP contribution in [-0.4, -0.2) is 23.9 Å². The van der Waals surface area contributed by atoms with E-state index >= 15 is 0 Å². The fourth-order valence-corrected chi connectivity index (χ4v) is 0.882. The number of carbonyl (C=O) groups excluding carboxylic acids is 1. The Morgan fingerprint density at radius 2 is 2.25 bits per heavy atom. The summed E-state index contributed by atoms with van der Waals surface area (Å²) >= 11 is 0.